The standard InChI is InChI=1S/C14H21Cl2NO/c1-5-18-13(14(2,3)4)12(17)9-6-7-10(15)11(16)8-9/h6-8,12-13H,5,17H2,1-4H3. The lowest BCUT2D eigenvalue weighted by molar-refractivity contribution is -0.0283. The summed E-state index contributed by atoms with van der Waals surface area (Å²) < 4.78 is 5.79. The lowest BCUT2D eigenvalue weighted by atomic mass is 9.82. The van der Waals surface area contributed by atoms with Crippen LogP contribution in [0, 0.1) is 5.41 Å². The summed E-state index contributed by atoms with van der Waals surface area (Å²) in [6.45, 7) is 8.96. The van der Waals surface area contributed by atoms with Crippen molar-refractivity contribution in [2.45, 2.75) is 39.8 Å². The molecule has 2 N–H and O–H groups in total. The Kier molecular flexibility index (Phi) is 5.47. The Hall–Kier alpha value is -0.280. The van der Waals surface area contributed by atoms with Crippen LogP contribution in [0.25, 0.3) is 0 Å². The second-order valence-electron chi connectivity index (χ2n) is 5.44. The first-order valence-corrected chi connectivity index (χ1v) is 6.85. The first kappa shape index (κ1) is 15.8. The van der Waals surface area contributed by atoms with Gasteiger partial charge in [-0.05, 0) is 30.0 Å². The van der Waals surface area contributed by atoms with E-state index in [1.54, 1.807) is 6.07 Å². The molecular weight excluding hydrogens is 269 g/mol. The van der Waals surface area contributed by atoms with Crippen molar-refractivity contribution in [2.75, 3.05) is 6.61 Å². The van der Waals surface area contributed by atoms with Gasteiger partial charge < -0.3 is 10.5 Å². The fourth-order valence-electron chi connectivity index (χ4n) is 1.97. The summed E-state index contributed by atoms with van der Waals surface area (Å²) in [4.78, 5) is 0. The van der Waals surface area contributed by atoms with Gasteiger partial charge in [-0.25, -0.2) is 0 Å². The molecule has 0 saturated heterocycles. The first-order chi connectivity index (χ1) is 8.27. The molecule has 2 unspecified atom stereocenters. The molecule has 1 aromatic rings. The van der Waals surface area contributed by atoms with Crippen LogP contribution in [0.2, 0.25) is 10.0 Å². The van der Waals surface area contributed by atoms with Crippen molar-refractivity contribution in [3.8, 4) is 0 Å². The van der Waals surface area contributed by atoms with Gasteiger partial charge in [0.1, 0.15) is 0 Å². The first-order valence-electron chi connectivity index (χ1n) is 6.09. The molecule has 0 fully saturated rings. The highest BCUT2D eigenvalue weighted by molar-refractivity contribution is 6.42. The number of hydrogen-bond acceptors (Lipinski definition) is 2. The van der Waals surface area contributed by atoms with Crippen LogP contribution in [0.4, 0.5) is 0 Å². The monoisotopic (exact) mass is 289 g/mol. The van der Waals surface area contributed by atoms with Crippen LogP contribution in [0.3, 0.4) is 0 Å². The summed E-state index contributed by atoms with van der Waals surface area (Å²) in [5.74, 6) is 0. The largest absolute Gasteiger partial charge is 0.376 e. The molecule has 2 atom stereocenters. The van der Waals surface area contributed by atoms with Crippen molar-refractivity contribution in [3.05, 3.63) is 33.8 Å². The Balaban J connectivity index is 3.01. The van der Waals surface area contributed by atoms with Crippen LogP contribution in [0.5, 0.6) is 0 Å². The average Bonchev–Trinajstić information content (AvgIpc) is 2.27. The molecule has 1 rings (SSSR count). The van der Waals surface area contributed by atoms with Crippen molar-refractivity contribution in [1.82, 2.24) is 0 Å². The predicted molar refractivity (Wildman–Crippen MR) is 78.3 cm³/mol. The summed E-state index contributed by atoms with van der Waals surface area (Å²) in [5.41, 5.74) is 7.21. The number of benzene rings is 1. The third-order valence-corrected chi connectivity index (χ3v) is 3.59. The molecule has 0 aliphatic carbocycles. The van der Waals surface area contributed by atoms with Gasteiger partial charge in [-0.1, -0.05) is 50.0 Å². The van der Waals surface area contributed by atoms with Crippen LogP contribution in [-0.2, 0) is 4.74 Å². The van der Waals surface area contributed by atoms with Crippen molar-refractivity contribution < 1.29 is 4.74 Å². The number of nitrogens with two attached hydrogens (primary N) is 1. The Labute approximate surface area is 119 Å². The molecule has 0 aromatic heterocycles. The molecule has 0 amide bonds. The quantitative estimate of drug-likeness (QED) is 0.889. The third-order valence-electron chi connectivity index (χ3n) is 2.85. The normalized spacial score (nSPS) is 15.5. The second-order valence-corrected chi connectivity index (χ2v) is 6.26. The molecule has 102 valence electrons. The van der Waals surface area contributed by atoms with Gasteiger partial charge >= 0.3 is 0 Å². The molecule has 18 heavy (non-hydrogen) atoms. The topological polar surface area (TPSA) is 35.2 Å². The highest BCUT2D eigenvalue weighted by Crippen LogP contribution is 2.33. The van der Waals surface area contributed by atoms with Crippen LogP contribution >= 0.6 is 23.2 Å². The van der Waals surface area contributed by atoms with Crippen molar-refractivity contribution in [2.24, 2.45) is 11.1 Å². The van der Waals surface area contributed by atoms with Gasteiger partial charge in [-0.15, -0.1) is 0 Å². The lowest BCUT2D eigenvalue weighted by Gasteiger charge is -2.35. The van der Waals surface area contributed by atoms with Gasteiger partial charge in [0, 0.05) is 6.61 Å². The Morgan fingerprint density at radius 3 is 2.28 bits per heavy atom. The molecule has 0 aliphatic heterocycles. The fraction of sp³-hybridized carbons (Fsp3) is 0.571. The number of hydrogen-bond donors (Lipinski definition) is 1. The molecule has 0 heterocycles. The van der Waals surface area contributed by atoms with Crippen molar-refractivity contribution in [1.29, 1.82) is 0 Å². The highest BCUT2D eigenvalue weighted by Gasteiger charge is 2.31. The lowest BCUT2D eigenvalue weighted by Crippen LogP contribution is -2.39. The maximum atomic E-state index is 6.30. The number of rotatable bonds is 4. The van der Waals surface area contributed by atoms with Crippen LogP contribution in [0.1, 0.15) is 39.3 Å². The van der Waals surface area contributed by atoms with E-state index in [1.165, 1.54) is 0 Å². The molecule has 0 radical (unpaired) electrons. The molecule has 1 aromatic carbocycles. The number of ether oxygens (including phenoxy) is 1. The summed E-state index contributed by atoms with van der Waals surface area (Å²) in [5, 5.41) is 1.06. The van der Waals surface area contributed by atoms with Crippen molar-refractivity contribution >= 4 is 23.2 Å². The molecular formula is C14H21Cl2NO. The van der Waals surface area contributed by atoms with E-state index in [0.717, 1.165) is 5.56 Å². The zero-order valence-electron chi connectivity index (χ0n) is 11.3. The minimum atomic E-state index is -0.222. The van der Waals surface area contributed by atoms with Crippen LogP contribution in [-0.4, -0.2) is 12.7 Å². The van der Waals surface area contributed by atoms with E-state index in [4.69, 9.17) is 33.7 Å². The number of halogens is 2. The predicted octanol–water partition coefficient (Wildman–Crippen LogP) is 4.44. The molecule has 0 bridgehead atoms. The highest BCUT2D eigenvalue weighted by atomic mass is 35.5. The summed E-state index contributed by atoms with van der Waals surface area (Å²) >= 11 is 11.9. The maximum absolute atomic E-state index is 6.30. The Bertz CT molecular complexity index is 401. The SMILES string of the molecule is CCOC(C(N)c1ccc(Cl)c(Cl)c1)C(C)(C)C. The average molecular weight is 290 g/mol. The smallest absolute Gasteiger partial charge is 0.0815 e. The zero-order valence-corrected chi connectivity index (χ0v) is 12.8. The van der Waals surface area contributed by atoms with Crippen LogP contribution in [0.15, 0.2) is 18.2 Å². The summed E-state index contributed by atoms with van der Waals surface area (Å²) in [6, 6.07) is 5.26. The van der Waals surface area contributed by atoms with E-state index in [2.05, 4.69) is 20.8 Å². The van der Waals surface area contributed by atoms with Crippen LogP contribution < -0.4 is 5.73 Å². The van der Waals surface area contributed by atoms with Gasteiger partial charge in [-0.3, -0.25) is 0 Å². The van der Waals surface area contributed by atoms with Gasteiger partial charge in [0.25, 0.3) is 0 Å². The summed E-state index contributed by atoms with van der Waals surface area (Å²) in [7, 11) is 0. The van der Waals surface area contributed by atoms with Gasteiger partial charge in [-0.2, -0.15) is 0 Å². The third kappa shape index (κ3) is 3.86. The minimum Gasteiger partial charge on any atom is -0.376 e. The van der Waals surface area contributed by atoms with Gasteiger partial charge in [0.2, 0.25) is 0 Å². The molecule has 2 nitrogen and oxygen atoms in total. The van der Waals surface area contributed by atoms with E-state index < -0.39 is 0 Å². The fourth-order valence-corrected chi connectivity index (χ4v) is 2.27. The molecule has 0 aliphatic rings. The molecule has 4 heteroatoms. The summed E-state index contributed by atoms with van der Waals surface area (Å²) in [6.07, 6.45) is -0.0697. The Morgan fingerprint density at radius 2 is 1.83 bits per heavy atom. The van der Waals surface area contributed by atoms with Gasteiger partial charge in [0.15, 0.2) is 0 Å². The van der Waals surface area contributed by atoms with E-state index in [1.807, 2.05) is 19.1 Å². The maximum Gasteiger partial charge on any atom is 0.0815 e. The van der Waals surface area contributed by atoms with Gasteiger partial charge in [0.05, 0.1) is 22.2 Å². The molecule has 0 spiro atoms. The molecule has 0 saturated carbocycles. The Morgan fingerprint density at radius 1 is 1.22 bits per heavy atom. The van der Waals surface area contributed by atoms with Crippen molar-refractivity contribution in [3.63, 3.8) is 0 Å². The minimum absolute atomic E-state index is 0.0401. The second kappa shape index (κ2) is 6.25. The van der Waals surface area contributed by atoms with E-state index in [-0.39, 0.29) is 17.6 Å². The van der Waals surface area contributed by atoms with E-state index in [0.29, 0.717) is 16.7 Å². The van der Waals surface area contributed by atoms with E-state index in [9.17, 15) is 0 Å². The zero-order chi connectivity index (χ0) is 13.9. The van der Waals surface area contributed by atoms with E-state index >= 15 is 0 Å².